The van der Waals surface area contributed by atoms with E-state index in [0.29, 0.717) is 5.88 Å². The van der Waals surface area contributed by atoms with E-state index in [9.17, 15) is 4.79 Å². The summed E-state index contributed by atoms with van der Waals surface area (Å²) in [6.45, 7) is 4.13. The first-order chi connectivity index (χ1) is 10.6. The number of carbonyl (C=O) groups is 1. The van der Waals surface area contributed by atoms with Crippen molar-refractivity contribution in [3.63, 3.8) is 0 Å². The molecular formula is C18H19NO3. The lowest BCUT2D eigenvalue weighted by atomic mass is 9.66. The number of ether oxygens (including phenoxy) is 2. The zero-order chi connectivity index (χ0) is 15.6. The second kappa shape index (κ2) is 4.22. The van der Waals surface area contributed by atoms with Gasteiger partial charge in [0.25, 0.3) is 0 Å². The van der Waals surface area contributed by atoms with Crippen LogP contribution in [-0.2, 0) is 14.9 Å². The van der Waals surface area contributed by atoms with E-state index in [1.807, 2.05) is 19.1 Å². The van der Waals surface area contributed by atoms with Crippen molar-refractivity contribution in [3.05, 3.63) is 46.7 Å². The van der Waals surface area contributed by atoms with Crippen molar-refractivity contribution in [2.75, 3.05) is 14.2 Å². The topological polar surface area (TPSA) is 48.4 Å². The molecule has 0 radical (unpaired) electrons. The number of aromatic nitrogens is 1. The first kappa shape index (κ1) is 13.6. The fraction of sp³-hybridized carbons (Fsp3) is 0.444. The van der Waals surface area contributed by atoms with Gasteiger partial charge in [0.15, 0.2) is 0 Å². The lowest BCUT2D eigenvalue weighted by Gasteiger charge is -2.36. The third-order valence-corrected chi connectivity index (χ3v) is 5.63. The average Bonchev–Trinajstić information content (AvgIpc) is 3.13. The van der Waals surface area contributed by atoms with Crippen LogP contribution in [0.4, 0.5) is 0 Å². The van der Waals surface area contributed by atoms with Crippen molar-refractivity contribution in [2.24, 2.45) is 11.8 Å². The highest BCUT2D eigenvalue weighted by Crippen LogP contribution is 2.71. The molecule has 22 heavy (non-hydrogen) atoms. The molecule has 1 saturated carbocycles. The Morgan fingerprint density at radius 3 is 2.77 bits per heavy atom. The SMILES string of the molecule is C/C=C1/[C@H]2C=C(C)C3C2c2nc(OC)ccc2[C@]13C(=O)OC. The lowest BCUT2D eigenvalue weighted by Crippen LogP contribution is -2.42. The van der Waals surface area contributed by atoms with E-state index in [1.54, 1.807) is 7.11 Å². The van der Waals surface area contributed by atoms with Gasteiger partial charge >= 0.3 is 5.97 Å². The molecule has 114 valence electrons. The molecule has 1 heterocycles. The van der Waals surface area contributed by atoms with Crippen molar-refractivity contribution in [1.82, 2.24) is 4.98 Å². The van der Waals surface area contributed by atoms with Gasteiger partial charge in [-0.25, -0.2) is 4.98 Å². The normalized spacial score (nSPS) is 35.5. The molecule has 0 spiro atoms. The first-order valence-electron chi connectivity index (χ1n) is 7.60. The third-order valence-electron chi connectivity index (χ3n) is 5.63. The fourth-order valence-electron chi connectivity index (χ4n) is 5.06. The summed E-state index contributed by atoms with van der Waals surface area (Å²) in [6.07, 6.45) is 4.38. The zero-order valence-corrected chi connectivity index (χ0v) is 13.2. The van der Waals surface area contributed by atoms with Crippen molar-refractivity contribution in [1.29, 1.82) is 0 Å². The molecule has 4 atom stereocenters. The molecule has 2 unspecified atom stereocenters. The van der Waals surface area contributed by atoms with E-state index in [2.05, 4.69) is 24.1 Å². The number of fused-ring (bicyclic) bond motifs is 2. The molecule has 4 rings (SSSR count). The number of esters is 1. The maximum absolute atomic E-state index is 12.9. The number of allylic oxidation sites excluding steroid dienone is 3. The van der Waals surface area contributed by atoms with E-state index in [0.717, 1.165) is 11.3 Å². The minimum atomic E-state index is -0.688. The summed E-state index contributed by atoms with van der Waals surface area (Å²) in [6, 6.07) is 3.83. The minimum Gasteiger partial charge on any atom is -0.481 e. The maximum Gasteiger partial charge on any atom is 0.321 e. The lowest BCUT2D eigenvalue weighted by molar-refractivity contribution is -0.146. The fourth-order valence-corrected chi connectivity index (χ4v) is 5.06. The number of hydrogen-bond donors (Lipinski definition) is 0. The van der Waals surface area contributed by atoms with Gasteiger partial charge in [0.2, 0.25) is 5.88 Å². The Morgan fingerprint density at radius 1 is 1.36 bits per heavy atom. The molecule has 0 aromatic carbocycles. The third kappa shape index (κ3) is 1.21. The van der Waals surface area contributed by atoms with E-state index >= 15 is 0 Å². The van der Waals surface area contributed by atoms with Crippen LogP contribution in [0.1, 0.15) is 31.0 Å². The van der Waals surface area contributed by atoms with Gasteiger partial charge in [-0.1, -0.05) is 23.8 Å². The Kier molecular flexibility index (Phi) is 2.60. The summed E-state index contributed by atoms with van der Waals surface area (Å²) in [4.78, 5) is 17.5. The Hall–Kier alpha value is -2.10. The molecule has 0 N–H and O–H groups in total. The van der Waals surface area contributed by atoms with Crippen LogP contribution in [0.25, 0.3) is 0 Å². The number of methoxy groups -OCH3 is 2. The van der Waals surface area contributed by atoms with Gasteiger partial charge in [0, 0.05) is 23.8 Å². The van der Waals surface area contributed by atoms with Crippen molar-refractivity contribution in [3.8, 4) is 5.88 Å². The van der Waals surface area contributed by atoms with E-state index in [-0.39, 0.29) is 23.7 Å². The minimum absolute atomic E-state index is 0.130. The van der Waals surface area contributed by atoms with Crippen molar-refractivity contribution >= 4 is 5.97 Å². The number of nitrogens with zero attached hydrogens (tertiary/aromatic N) is 1. The second-order valence-electron chi connectivity index (χ2n) is 6.27. The molecular weight excluding hydrogens is 278 g/mol. The van der Waals surface area contributed by atoms with E-state index in [4.69, 9.17) is 9.47 Å². The number of hydrogen-bond acceptors (Lipinski definition) is 4. The van der Waals surface area contributed by atoms with Crippen LogP contribution < -0.4 is 4.74 Å². The zero-order valence-electron chi connectivity index (χ0n) is 13.2. The van der Waals surface area contributed by atoms with Gasteiger partial charge in [-0.05, 0) is 25.0 Å². The van der Waals surface area contributed by atoms with Gasteiger partial charge in [-0.15, -0.1) is 0 Å². The van der Waals surface area contributed by atoms with Crippen molar-refractivity contribution < 1.29 is 14.3 Å². The summed E-state index contributed by atoms with van der Waals surface area (Å²) in [5.41, 5.74) is 3.74. The Morgan fingerprint density at radius 2 is 2.14 bits per heavy atom. The molecule has 4 bridgehead atoms. The summed E-state index contributed by atoms with van der Waals surface area (Å²) in [7, 11) is 3.09. The van der Waals surface area contributed by atoms with Gasteiger partial charge < -0.3 is 9.47 Å². The van der Waals surface area contributed by atoms with Crippen molar-refractivity contribution in [2.45, 2.75) is 25.2 Å². The summed E-state index contributed by atoms with van der Waals surface area (Å²) >= 11 is 0. The highest BCUT2D eigenvalue weighted by atomic mass is 16.5. The summed E-state index contributed by atoms with van der Waals surface area (Å²) in [5.74, 6) is 1.05. The van der Waals surface area contributed by atoms with Crippen LogP contribution >= 0.6 is 0 Å². The first-order valence-corrected chi connectivity index (χ1v) is 7.60. The monoisotopic (exact) mass is 297 g/mol. The summed E-state index contributed by atoms with van der Waals surface area (Å²) in [5, 5.41) is 0. The van der Waals surface area contributed by atoms with Crippen LogP contribution in [0.3, 0.4) is 0 Å². The van der Waals surface area contributed by atoms with Crippen LogP contribution in [0.15, 0.2) is 35.4 Å². The molecule has 0 saturated heterocycles. The highest BCUT2D eigenvalue weighted by Gasteiger charge is 2.71. The predicted molar refractivity (Wildman–Crippen MR) is 81.7 cm³/mol. The van der Waals surface area contributed by atoms with Gasteiger partial charge in [0.05, 0.1) is 19.9 Å². The molecule has 0 aliphatic heterocycles. The summed E-state index contributed by atoms with van der Waals surface area (Å²) < 4.78 is 10.5. The molecule has 1 aromatic rings. The largest absolute Gasteiger partial charge is 0.481 e. The van der Waals surface area contributed by atoms with Crippen LogP contribution in [0.2, 0.25) is 0 Å². The molecule has 1 aromatic heterocycles. The molecule has 3 aliphatic rings. The Balaban J connectivity index is 2.05. The number of rotatable bonds is 2. The molecule has 1 fully saturated rings. The van der Waals surface area contributed by atoms with Gasteiger partial charge in [0.1, 0.15) is 5.41 Å². The molecule has 3 aliphatic carbocycles. The average molecular weight is 297 g/mol. The second-order valence-corrected chi connectivity index (χ2v) is 6.27. The van der Waals surface area contributed by atoms with Crippen LogP contribution in [0, 0.1) is 11.8 Å². The van der Waals surface area contributed by atoms with Crippen LogP contribution in [0.5, 0.6) is 5.88 Å². The Labute approximate surface area is 129 Å². The standard InChI is InChI=1S/C18H19NO3/c1-5-11-10-8-9(2)15-14(10)16-12(6-7-13(19-16)21-3)18(11,15)17(20)22-4/h5-8,10,14-15H,1-4H3/b11-5-/t10-,14?,15?,18-/m1/s1. The van der Waals surface area contributed by atoms with Crippen LogP contribution in [-0.4, -0.2) is 25.2 Å². The molecule has 4 heteroatoms. The van der Waals surface area contributed by atoms with Gasteiger partial charge in [-0.2, -0.15) is 0 Å². The maximum atomic E-state index is 12.9. The predicted octanol–water partition coefficient (Wildman–Crippen LogP) is 2.75. The Bertz CT molecular complexity index is 749. The smallest absolute Gasteiger partial charge is 0.321 e. The van der Waals surface area contributed by atoms with Gasteiger partial charge in [-0.3, -0.25) is 4.79 Å². The molecule has 0 amide bonds. The number of carbonyl (C=O) groups excluding carboxylic acids is 1. The van der Waals surface area contributed by atoms with E-state index < -0.39 is 5.41 Å². The molecule has 4 nitrogen and oxygen atoms in total. The van der Waals surface area contributed by atoms with E-state index in [1.165, 1.54) is 18.3 Å². The number of pyridine rings is 1. The highest BCUT2D eigenvalue weighted by molar-refractivity contribution is 5.93. The quantitative estimate of drug-likeness (QED) is 0.622.